The van der Waals surface area contributed by atoms with Gasteiger partial charge in [-0.2, -0.15) is 0 Å². The molecular formula is C18H28N2O. The fraction of sp³-hybridized carbons (Fsp3) is 0.611. The molecule has 0 aliphatic carbocycles. The lowest BCUT2D eigenvalue weighted by atomic mass is 9.93. The van der Waals surface area contributed by atoms with E-state index in [1.807, 2.05) is 0 Å². The summed E-state index contributed by atoms with van der Waals surface area (Å²) in [7, 11) is 0. The average molecular weight is 288 g/mol. The molecule has 1 unspecified atom stereocenters. The van der Waals surface area contributed by atoms with E-state index >= 15 is 0 Å². The van der Waals surface area contributed by atoms with E-state index in [2.05, 4.69) is 48.7 Å². The van der Waals surface area contributed by atoms with Crippen molar-refractivity contribution in [1.82, 2.24) is 10.6 Å². The van der Waals surface area contributed by atoms with Crippen molar-refractivity contribution >= 4 is 5.91 Å². The SMILES string of the molecule is CCc1ccc(C(C)NC(=O)CCC2CCNCC2)cc1. The zero-order valence-electron chi connectivity index (χ0n) is 13.3. The number of hydrogen-bond donors (Lipinski definition) is 2. The highest BCUT2D eigenvalue weighted by Crippen LogP contribution is 2.18. The minimum atomic E-state index is 0.0939. The first kappa shape index (κ1) is 16.0. The van der Waals surface area contributed by atoms with E-state index in [0.717, 1.165) is 31.8 Å². The quantitative estimate of drug-likeness (QED) is 0.844. The van der Waals surface area contributed by atoms with Gasteiger partial charge in [0.05, 0.1) is 6.04 Å². The fourth-order valence-corrected chi connectivity index (χ4v) is 2.94. The second-order valence-corrected chi connectivity index (χ2v) is 6.12. The maximum atomic E-state index is 12.1. The standard InChI is InChI=1S/C18H28N2O/c1-3-15-4-7-17(8-5-15)14(2)20-18(21)9-6-16-10-12-19-13-11-16/h4-5,7-8,14,16,19H,3,6,9-13H2,1-2H3,(H,20,21). The summed E-state index contributed by atoms with van der Waals surface area (Å²) >= 11 is 0. The molecule has 1 fully saturated rings. The molecule has 1 aromatic rings. The predicted molar refractivity (Wildman–Crippen MR) is 87.2 cm³/mol. The highest BCUT2D eigenvalue weighted by molar-refractivity contribution is 5.76. The molecule has 0 bridgehead atoms. The minimum Gasteiger partial charge on any atom is -0.350 e. The van der Waals surface area contributed by atoms with Gasteiger partial charge in [-0.05, 0) is 62.7 Å². The summed E-state index contributed by atoms with van der Waals surface area (Å²) in [6.07, 6.45) is 5.15. The molecule has 1 aromatic carbocycles. The number of nitrogens with one attached hydrogen (secondary N) is 2. The second kappa shape index (κ2) is 8.18. The molecule has 1 aliphatic heterocycles. The van der Waals surface area contributed by atoms with E-state index in [1.165, 1.54) is 24.0 Å². The molecule has 0 aromatic heterocycles. The Morgan fingerprint density at radius 3 is 2.57 bits per heavy atom. The van der Waals surface area contributed by atoms with Crippen LogP contribution in [-0.4, -0.2) is 19.0 Å². The zero-order valence-corrected chi connectivity index (χ0v) is 13.3. The topological polar surface area (TPSA) is 41.1 Å². The van der Waals surface area contributed by atoms with Crippen molar-refractivity contribution in [3.8, 4) is 0 Å². The van der Waals surface area contributed by atoms with E-state index in [-0.39, 0.29) is 11.9 Å². The lowest BCUT2D eigenvalue weighted by Crippen LogP contribution is -2.30. The monoisotopic (exact) mass is 288 g/mol. The predicted octanol–water partition coefficient (Wildman–Crippen LogP) is 3.21. The van der Waals surface area contributed by atoms with Crippen LogP contribution in [0, 0.1) is 5.92 Å². The number of carbonyl (C=O) groups excluding carboxylic acids is 1. The Morgan fingerprint density at radius 1 is 1.29 bits per heavy atom. The Morgan fingerprint density at radius 2 is 1.95 bits per heavy atom. The third-order valence-electron chi connectivity index (χ3n) is 4.50. The van der Waals surface area contributed by atoms with Crippen LogP contribution in [0.3, 0.4) is 0 Å². The van der Waals surface area contributed by atoms with Crippen LogP contribution in [0.5, 0.6) is 0 Å². The Labute approximate surface area is 128 Å². The second-order valence-electron chi connectivity index (χ2n) is 6.12. The normalized spacial score (nSPS) is 17.4. The van der Waals surface area contributed by atoms with Gasteiger partial charge in [0.1, 0.15) is 0 Å². The Bertz CT molecular complexity index is 435. The first-order valence-electron chi connectivity index (χ1n) is 8.28. The van der Waals surface area contributed by atoms with E-state index in [1.54, 1.807) is 0 Å². The molecule has 3 heteroatoms. The maximum absolute atomic E-state index is 12.1. The van der Waals surface area contributed by atoms with Crippen LogP contribution in [0.15, 0.2) is 24.3 Å². The van der Waals surface area contributed by atoms with Gasteiger partial charge in [-0.25, -0.2) is 0 Å². The molecule has 1 aliphatic rings. The summed E-state index contributed by atoms with van der Waals surface area (Å²) in [4.78, 5) is 12.1. The zero-order chi connectivity index (χ0) is 15.1. The van der Waals surface area contributed by atoms with Crippen molar-refractivity contribution in [2.24, 2.45) is 5.92 Å². The molecule has 1 atom stereocenters. The largest absolute Gasteiger partial charge is 0.350 e. The lowest BCUT2D eigenvalue weighted by Gasteiger charge is -2.22. The summed E-state index contributed by atoms with van der Waals surface area (Å²) in [6, 6.07) is 8.63. The molecule has 3 nitrogen and oxygen atoms in total. The summed E-state index contributed by atoms with van der Waals surface area (Å²) in [5.74, 6) is 0.900. The molecule has 1 heterocycles. The summed E-state index contributed by atoms with van der Waals surface area (Å²) in [5, 5.41) is 6.48. The molecule has 21 heavy (non-hydrogen) atoms. The van der Waals surface area contributed by atoms with Gasteiger partial charge < -0.3 is 10.6 Å². The Hall–Kier alpha value is -1.35. The molecular weight excluding hydrogens is 260 g/mol. The fourth-order valence-electron chi connectivity index (χ4n) is 2.94. The van der Waals surface area contributed by atoms with E-state index in [0.29, 0.717) is 6.42 Å². The molecule has 0 radical (unpaired) electrons. The number of carbonyl (C=O) groups is 1. The molecule has 116 valence electrons. The molecule has 2 N–H and O–H groups in total. The van der Waals surface area contributed by atoms with Gasteiger partial charge in [0.2, 0.25) is 5.91 Å². The summed E-state index contributed by atoms with van der Waals surface area (Å²) in [5.41, 5.74) is 2.52. The van der Waals surface area contributed by atoms with Gasteiger partial charge in [0, 0.05) is 6.42 Å². The first-order valence-corrected chi connectivity index (χ1v) is 8.28. The van der Waals surface area contributed by atoms with Crippen molar-refractivity contribution in [2.45, 2.75) is 52.0 Å². The summed E-state index contributed by atoms with van der Waals surface area (Å²) < 4.78 is 0. The van der Waals surface area contributed by atoms with Crippen LogP contribution in [0.4, 0.5) is 0 Å². The molecule has 0 saturated carbocycles. The van der Waals surface area contributed by atoms with Gasteiger partial charge >= 0.3 is 0 Å². The van der Waals surface area contributed by atoms with Crippen LogP contribution in [-0.2, 0) is 11.2 Å². The molecule has 2 rings (SSSR count). The van der Waals surface area contributed by atoms with Gasteiger partial charge in [0.15, 0.2) is 0 Å². The average Bonchev–Trinajstić information content (AvgIpc) is 2.54. The van der Waals surface area contributed by atoms with Crippen molar-refractivity contribution < 1.29 is 4.79 Å². The smallest absolute Gasteiger partial charge is 0.220 e. The molecule has 1 amide bonds. The third kappa shape index (κ3) is 5.16. The van der Waals surface area contributed by atoms with Crippen molar-refractivity contribution in [3.63, 3.8) is 0 Å². The van der Waals surface area contributed by atoms with Crippen molar-refractivity contribution in [3.05, 3.63) is 35.4 Å². The first-order chi connectivity index (χ1) is 10.2. The lowest BCUT2D eigenvalue weighted by molar-refractivity contribution is -0.122. The minimum absolute atomic E-state index is 0.0939. The number of piperidine rings is 1. The van der Waals surface area contributed by atoms with Gasteiger partial charge in [-0.3, -0.25) is 4.79 Å². The van der Waals surface area contributed by atoms with E-state index < -0.39 is 0 Å². The number of amides is 1. The number of benzene rings is 1. The van der Waals surface area contributed by atoms with E-state index in [9.17, 15) is 4.79 Å². The van der Waals surface area contributed by atoms with Crippen LogP contribution in [0.1, 0.15) is 56.7 Å². The molecule has 0 spiro atoms. The van der Waals surface area contributed by atoms with Crippen LogP contribution in [0.2, 0.25) is 0 Å². The number of rotatable bonds is 6. The van der Waals surface area contributed by atoms with Crippen LogP contribution < -0.4 is 10.6 Å². The Kier molecular flexibility index (Phi) is 6.24. The van der Waals surface area contributed by atoms with Crippen LogP contribution in [0.25, 0.3) is 0 Å². The highest BCUT2D eigenvalue weighted by Gasteiger charge is 2.15. The van der Waals surface area contributed by atoms with Gasteiger partial charge in [-0.1, -0.05) is 31.2 Å². The van der Waals surface area contributed by atoms with Crippen molar-refractivity contribution in [2.75, 3.05) is 13.1 Å². The van der Waals surface area contributed by atoms with Gasteiger partial charge in [0.25, 0.3) is 0 Å². The number of hydrogen-bond acceptors (Lipinski definition) is 2. The van der Waals surface area contributed by atoms with Crippen molar-refractivity contribution in [1.29, 1.82) is 0 Å². The summed E-state index contributed by atoms with van der Waals surface area (Å²) in [6.45, 7) is 6.42. The van der Waals surface area contributed by atoms with E-state index in [4.69, 9.17) is 0 Å². The number of aryl methyl sites for hydroxylation is 1. The highest BCUT2D eigenvalue weighted by atomic mass is 16.1. The Balaban J connectivity index is 1.75. The third-order valence-corrected chi connectivity index (χ3v) is 4.50. The van der Waals surface area contributed by atoms with Gasteiger partial charge in [-0.15, -0.1) is 0 Å². The maximum Gasteiger partial charge on any atom is 0.220 e. The van der Waals surface area contributed by atoms with Crippen LogP contribution >= 0.6 is 0 Å². The molecule has 1 saturated heterocycles.